The molecule has 1 saturated heterocycles. The first kappa shape index (κ1) is 23.3. The van der Waals surface area contributed by atoms with Crippen LogP contribution in [0.1, 0.15) is 6.42 Å². The van der Waals surface area contributed by atoms with Gasteiger partial charge in [-0.25, -0.2) is 13.1 Å². The van der Waals surface area contributed by atoms with E-state index >= 15 is 0 Å². The minimum Gasteiger partial charge on any atom is -0.360 e. The van der Waals surface area contributed by atoms with Crippen molar-refractivity contribution in [1.82, 2.24) is 4.31 Å². The molecular formula is C16H24ClF2IN2O3SSi. The van der Waals surface area contributed by atoms with Gasteiger partial charge < -0.3 is 4.74 Å². The summed E-state index contributed by atoms with van der Waals surface area (Å²) in [6.45, 7) is 6.60. The molecule has 154 valence electrons. The Kier molecular flexibility index (Phi) is 7.93. The SMILES string of the molecule is C[Si](C)(C)CCOCN(c1ccc(F)c(I)c1Cl)S(=O)(=O)N1CCC(F)C1. The zero-order valence-electron chi connectivity index (χ0n) is 15.5. The maximum atomic E-state index is 13.8. The standard InChI is InChI=1S/C16H24ClF2IN2O3SSi/c1-27(2,3)9-8-25-11-22(14-5-4-13(19)16(20)15(14)17)26(23,24)21-7-6-12(18)10-21/h4-5,12H,6-11H2,1-3H3. The Morgan fingerprint density at radius 2 is 2.07 bits per heavy atom. The molecule has 1 aromatic carbocycles. The fraction of sp³-hybridized carbons (Fsp3) is 0.625. The molecule has 1 aromatic rings. The van der Waals surface area contributed by atoms with Crippen LogP contribution < -0.4 is 4.31 Å². The number of hydrogen-bond donors (Lipinski definition) is 0. The first-order valence-corrected chi connectivity index (χ1v) is 15.1. The summed E-state index contributed by atoms with van der Waals surface area (Å²) in [4.78, 5) is 0. The monoisotopic (exact) mass is 552 g/mol. The van der Waals surface area contributed by atoms with Crippen LogP contribution in [0.3, 0.4) is 0 Å². The first-order valence-electron chi connectivity index (χ1n) is 8.56. The third kappa shape index (κ3) is 5.98. The van der Waals surface area contributed by atoms with Gasteiger partial charge in [0.15, 0.2) is 0 Å². The van der Waals surface area contributed by atoms with Crippen molar-refractivity contribution in [2.45, 2.75) is 38.3 Å². The topological polar surface area (TPSA) is 49.9 Å². The highest BCUT2D eigenvalue weighted by molar-refractivity contribution is 14.1. The van der Waals surface area contributed by atoms with E-state index in [0.29, 0.717) is 6.61 Å². The molecule has 1 heterocycles. The van der Waals surface area contributed by atoms with E-state index in [-0.39, 0.29) is 40.5 Å². The van der Waals surface area contributed by atoms with Gasteiger partial charge in [0.05, 0.1) is 14.3 Å². The molecule has 0 bridgehead atoms. The Bertz CT molecular complexity index is 780. The van der Waals surface area contributed by atoms with Crippen molar-refractivity contribution in [2.75, 3.05) is 30.7 Å². The molecule has 5 nitrogen and oxygen atoms in total. The summed E-state index contributed by atoms with van der Waals surface area (Å²) in [5.41, 5.74) is 0.123. The Balaban J connectivity index is 2.30. The molecule has 0 radical (unpaired) electrons. The molecule has 1 unspecified atom stereocenters. The minimum atomic E-state index is -4.05. The third-order valence-corrected chi connectivity index (χ3v) is 9.49. The van der Waals surface area contributed by atoms with E-state index in [1.807, 2.05) is 0 Å². The van der Waals surface area contributed by atoms with Crippen molar-refractivity contribution in [3.05, 3.63) is 26.5 Å². The molecule has 1 fully saturated rings. The number of ether oxygens (including phenoxy) is 1. The van der Waals surface area contributed by atoms with E-state index in [0.717, 1.165) is 20.7 Å². The predicted molar refractivity (Wildman–Crippen MR) is 116 cm³/mol. The van der Waals surface area contributed by atoms with E-state index in [4.69, 9.17) is 16.3 Å². The molecule has 0 amide bonds. The fourth-order valence-corrected chi connectivity index (χ4v) is 5.62. The van der Waals surface area contributed by atoms with E-state index in [2.05, 4.69) is 19.6 Å². The van der Waals surface area contributed by atoms with Crippen molar-refractivity contribution < 1.29 is 21.9 Å². The molecule has 0 saturated carbocycles. The van der Waals surface area contributed by atoms with Crippen molar-refractivity contribution in [1.29, 1.82) is 0 Å². The molecule has 0 spiro atoms. The van der Waals surface area contributed by atoms with Crippen LogP contribution in [0.4, 0.5) is 14.5 Å². The van der Waals surface area contributed by atoms with Crippen molar-refractivity contribution >= 4 is 58.2 Å². The number of rotatable bonds is 8. The summed E-state index contributed by atoms with van der Waals surface area (Å²) >= 11 is 7.95. The average Bonchev–Trinajstić information content (AvgIpc) is 3.00. The smallest absolute Gasteiger partial charge is 0.306 e. The predicted octanol–water partition coefficient (Wildman–Crippen LogP) is 4.49. The molecule has 11 heteroatoms. The second-order valence-electron chi connectivity index (χ2n) is 7.64. The van der Waals surface area contributed by atoms with Gasteiger partial charge in [0, 0.05) is 27.8 Å². The quantitative estimate of drug-likeness (QED) is 0.157. The summed E-state index contributed by atoms with van der Waals surface area (Å²) in [5, 5.41) is -0.0102. The number of nitrogens with zero attached hydrogens (tertiary/aromatic N) is 2. The molecule has 0 aliphatic carbocycles. The van der Waals surface area contributed by atoms with E-state index in [9.17, 15) is 17.2 Å². The van der Waals surface area contributed by atoms with Gasteiger partial charge in [-0.15, -0.1) is 0 Å². The summed E-state index contributed by atoms with van der Waals surface area (Å²) < 4.78 is 61.3. The van der Waals surface area contributed by atoms with Crippen LogP contribution >= 0.6 is 34.2 Å². The lowest BCUT2D eigenvalue weighted by atomic mass is 10.3. The van der Waals surface area contributed by atoms with E-state index < -0.39 is 30.3 Å². The summed E-state index contributed by atoms with van der Waals surface area (Å²) in [7, 11) is -5.40. The van der Waals surface area contributed by atoms with Crippen LogP contribution in [-0.2, 0) is 14.9 Å². The van der Waals surface area contributed by atoms with Gasteiger partial charge in [-0.05, 0) is 47.2 Å². The molecule has 0 N–H and O–H groups in total. The van der Waals surface area contributed by atoms with Crippen molar-refractivity contribution in [3.8, 4) is 0 Å². The lowest BCUT2D eigenvalue weighted by molar-refractivity contribution is 0.155. The molecule has 1 aliphatic heterocycles. The maximum Gasteiger partial charge on any atom is 0.306 e. The van der Waals surface area contributed by atoms with Crippen molar-refractivity contribution in [3.63, 3.8) is 0 Å². The number of hydrogen-bond acceptors (Lipinski definition) is 3. The third-order valence-electron chi connectivity index (χ3n) is 4.19. The highest BCUT2D eigenvalue weighted by Crippen LogP contribution is 2.35. The number of halogens is 4. The van der Waals surface area contributed by atoms with E-state index in [1.54, 1.807) is 22.6 Å². The van der Waals surface area contributed by atoms with Gasteiger partial charge in [-0.3, -0.25) is 0 Å². The van der Waals surface area contributed by atoms with Crippen LogP contribution in [0.25, 0.3) is 0 Å². The summed E-state index contributed by atoms with van der Waals surface area (Å²) in [6.07, 6.45) is -1.05. The summed E-state index contributed by atoms with van der Waals surface area (Å²) in [6, 6.07) is 3.34. The van der Waals surface area contributed by atoms with Crippen molar-refractivity contribution in [2.24, 2.45) is 0 Å². The van der Waals surface area contributed by atoms with Gasteiger partial charge in [0.1, 0.15) is 18.7 Å². The second kappa shape index (κ2) is 9.20. The van der Waals surface area contributed by atoms with E-state index in [1.165, 1.54) is 6.07 Å². The number of alkyl halides is 1. The van der Waals surface area contributed by atoms with Crippen LogP contribution in [0.2, 0.25) is 30.7 Å². The number of benzene rings is 1. The molecule has 1 aliphatic rings. The molecular weight excluding hydrogens is 529 g/mol. The lowest BCUT2D eigenvalue weighted by Gasteiger charge is -2.30. The van der Waals surface area contributed by atoms with Crippen LogP contribution in [-0.4, -0.2) is 53.4 Å². The molecule has 0 aromatic heterocycles. The second-order valence-corrected chi connectivity index (χ2v) is 16.6. The van der Waals surface area contributed by atoms with Gasteiger partial charge in [-0.2, -0.15) is 12.7 Å². The zero-order chi connectivity index (χ0) is 20.4. The van der Waals surface area contributed by atoms with Crippen LogP contribution in [0.15, 0.2) is 12.1 Å². The van der Waals surface area contributed by atoms with Gasteiger partial charge in [0.25, 0.3) is 0 Å². The lowest BCUT2D eigenvalue weighted by Crippen LogP contribution is -2.44. The molecule has 1 atom stereocenters. The Morgan fingerprint density at radius 3 is 2.63 bits per heavy atom. The minimum absolute atomic E-state index is 0.0102. The highest BCUT2D eigenvalue weighted by atomic mass is 127. The average molecular weight is 553 g/mol. The Labute approximate surface area is 179 Å². The first-order chi connectivity index (χ1) is 12.4. The molecule has 27 heavy (non-hydrogen) atoms. The fourth-order valence-electron chi connectivity index (χ4n) is 2.53. The highest BCUT2D eigenvalue weighted by Gasteiger charge is 2.37. The normalized spacial score (nSPS) is 18.9. The van der Waals surface area contributed by atoms with Gasteiger partial charge in [-0.1, -0.05) is 31.2 Å². The van der Waals surface area contributed by atoms with Gasteiger partial charge >= 0.3 is 10.2 Å². The Morgan fingerprint density at radius 1 is 1.41 bits per heavy atom. The van der Waals surface area contributed by atoms with Gasteiger partial charge in [0.2, 0.25) is 0 Å². The zero-order valence-corrected chi connectivity index (χ0v) is 20.2. The largest absolute Gasteiger partial charge is 0.360 e. The van der Waals surface area contributed by atoms with Crippen LogP contribution in [0, 0.1) is 9.39 Å². The summed E-state index contributed by atoms with van der Waals surface area (Å²) in [5.74, 6) is -0.536. The maximum absolute atomic E-state index is 13.8. The molecule has 2 rings (SSSR count). The number of anilines is 1. The van der Waals surface area contributed by atoms with Crippen LogP contribution in [0.5, 0.6) is 0 Å². The Hall–Kier alpha value is -0.0131.